The van der Waals surface area contributed by atoms with Crippen molar-refractivity contribution in [1.82, 2.24) is 14.8 Å². The molecule has 6 nitrogen and oxygen atoms in total. The molecule has 3 heterocycles. The Balaban J connectivity index is 1.91. The van der Waals surface area contributed by atoms with E-state index in [1.807, 2.05) is 0 Å². The minimum absolute atomic E-state index is 0.363. The Morgan fingerprint density at radius 2 is 2.39 bits per heavy atom. The standard InChI is InChI=1S/C11H10BrN3O3/c12-8-2-1-7(18-8)10-13-9-5-6(11(16)17)3-4-15(9)14-10/h1-2,6H,3-5H2,(H,16,17). The highest BCUT2D eigenvalue weighted by Crippen LogP contribution is 2.25. The summed E-state index contributed by atoms with van der Waals surface area (Å²) in [6.07, 6.45) is 1.01. The van der Waals surface area contributed by atoms with Crippen LogP contribution in [0.2, 0.25) is 0 Å². The van der Waals surface area contributed by atoms with Crippen molar-refractivity contribution in [3.05, 3.63) is 22.6 Å². The van der Waals surface area contributed by atoms with Crippen molar-refractivity contribution in [3.63, 3.8) is 0 Å². The number of aromatic nitrogens is 3. The van der Waals surface area contributed by atoms with Crippen molar-refractivity contribution in [1.29, 1.82) is 0 Å². The van der Waals surface area contributed by atoms with Gasteiger partial charge in [0.05, 0.1) is 5.92 Å². The Hall–Kier alpha value is -1.63. The number of furan rings is 1. The molecule has 94 valence electrons. The maximum absolute atomic E-state index is 11.0. The number of halogens is 1. The molecule has 18 heavy (non-hydrogen) atoms. The van der Waals surface area contributed by atoms with E-state index in [4.69, 9.17) is 9.52 Å². The van der Waals surface area contributed by atoms with E-state index in [1.165, 1.54) is 0 Å². The van der Waals surface area contributed by atoms with Crippen LogP contribution in [0.25, 0.3) is 11.6 Å². The lowest BCUT2D eigenvalue weighted by Gasteiger charge is -2.17. The fraction of sp³-hybridized carbons (Fsp3) is 0.364. The summed E-state index contributed by atoms with van der Waals surface area (Å²) in [4.78, 5) is 15.3. The Morgan fingerprint density at radius 3 is 3.06 bits per heavy atom. The lowest BCUT2D eigenvalue weighted by atomic mass is 9.98. The van der Waals surface area contributed by atoms with Gasteiger partial charge in [-0.1, -0.05) is 0 Å². The van der Waals surface area contributed by atoms with Crippen molar-refractivity contribution in [2.24, 2.45) is 5.92 Å². The quantitative estimate of drug-likeness (QED) is 0.916. The van der Waals surface area contributed by atoms with E-state index >= 15 is 0 Å². The highest BCUT2D eigenvalue weighted by molar-refractivity contribution is 9.10. The normalized spacial score (nSPS) is 18.6. The minimum Gasteiger partial charge on any atom is -0.481 e. The van der Waals surface area contributed by atoms with Crippen molar-refractivity contribution in [2.45, 2.75) is 19.4 Å². The van der Waals surface area contributed by atoms with Crippen LogP contribution >= 0.6 is 15.9 Å². The Bertz CT molecular complexity index is 604. The summed E-state index contributed by atoms with van der Waals surface area (Å²) in [5.41, 5.74) is 0. The molecule has 1 aliphatic rings. The minimum atomic E-state index is -0.772. The molecular weight excluding hydrogens is 302 g/mol. The Labute approximate surface area is 111 Å². The molecule has 0 fully saturated rings. The second-order valence-corrected chi connectivity index (χ2v) is 4.99. The smallest absolute Gasteiger partial charge is 0.307 e. The molecule has 7 heteroatoms. The molecule has 0 spiro atoms. The summed E-state index contributed by atoms with van der Waals surface area (Å²) in [7, 11) is 0. The van der Waals surface area contributed by atoms with E-state index in [1.54, 1.807) is 16.8 Å². The van der Waals surface area contributed by atoms with Crippen LogP contribution in [0.3, 0.4) is 0 Å². The van der Waals surface area contributed by atoms with Gasteiger partial charge in [-0.15, -0.1) is 5.10 Å². The van der Waals surface area contributed by atoms with Crippen LogP contribution in [-0.2, 0) is 17.8 Å². The number of fused-ring (bicyclic) bond motifs is 1. The molecule has 0 saturated heterocycles. The second kappa shape index (κ2) is 4.24. The number of rotatable bonds is 2. The maximum atomic E-state index is 11.0. The fourth-order valence-electron chi connectivity index (χ4n) is 2.05. The molecule has 0 amide bonds. The summed E-state index contributed by atoms with van der Waals surface area (Å²) in [6.45, 7) is 0.585. The van der Waals surface area contributed by atoms with Crippen molar-refractivity contribution in [2.75, 3.05) is 0 Å². The second-order valence-electron chi connectivity index (χ2n) is 4.21. The van der Waals surface area contributed by atoms with Crippen molar-refractivity contribution >= 4 is 21.9 Å². The predicted molar refractivity (Wildman–Crippen MR) is 64.9 cm³/mol. The zero-order valence-corrected chi connectivity index (χ0v) is 10.9. The van der Waals surface area contributed by atoms with Crippen LogP contribution in [-0.4, -0.2) is 25.8 Å². The molecule has 2 aromatic rings. The molecule has 2 aromatic heterocycles. The molecule has 0 radical (unpaired) electrons. The van der Waals surface area contributed by atoms with Crippen LogP contribution in [0.5, 0.6) is 0 Å². The van der Waals surface area contributed by atoms with Crippen molar-refractivity contribution in [3.8, 4) is 11.6 Å². The van der Waals surface area contributed by atoms with Gasteiger partial charge in [-0.3, -0.25) is 4.79 Å². The van der Waals surface area contributed by atoms with Gasteiger partial charge in [0.1, 0.15) is 5.82 Å². The van der Waals surface area contributed by atoms with Gasteiger partial charge in [-0.2, -0.15) is 0 Å². The molecule has 3 rings (SSSR count). The van der Waals surface area contributed by atoms with Gasteiger partial charge in [0.2, 0.25) is 5.82 Å². The number of aliphatic carboxylic acids is 1. The fourth-order valence-corrected chi connectivity index (χ4v) is 2.36. The number of hydrogen-bond donors (Lipinski definition) is 1. The number of aryl methyl sites for hydroxylation is 1. The molecule has 1 atom stereocenters. The van der Waals surface area contributed by atoms with Gasteiger partial charge in [-0.05, 0) is 34.5 Å². The number of carboxylic acid groups (broad SMARTS) is 1. The van der Waals surface area contributed by atoms with Crippen LogP contribution < -0.4 is 0 Å². The first kappa shape index (κ1) is 11.5. The van der Waals surface area contributed by atoms with E-state index in [0.717, 1.165) is 0 Å². The first-order valence-corrected chi connectivity index (χ1v) is 6.35. The van der Waals surface area contributed by atoms with E-state index in [2.05, 4.69) is 26.0 Å². The molecule has 0 aliphatic carbocycles. The average molecular weight is 312 g/mol. The van der Waals surface area contributed by atoms with Crippen LogP contribution in [0.4, 0.5) is 0 Å². The molecule has 1 N–H and O–H groups in total. The maximum Gasteiger partial charge on any atom is 0.307 e. The first-order valence-electron chi connectivity index (χ1n) is 5.56. The summed E-state index contributed by atoms with van der Waals surface area (Å²) < 4.78 is 7.76. The Kier molecular flexibility index (Phi) is 2.70. The molecule has 0 aromatic carbocycles. The van der Waals surface area contributed by atoms with Crippen LogP contribution in [0.15, 0.2) is 21.2 Å². The van der Waals surface area contributed by atoms with Gasteiger partial charge in [0.15, 0.2) is 10.4 Å². The lowest BCUT2D eigenvalue weighted by Crippen LogP contribution is -2.26. The third-order valence-corrected chi connectivity index (χ3v) is 3.44. The largest absolute Gasteiger partial charge is 0.481 e. The number of carboxylic acids is 1. The monoisotopic (exact) mass is 311 g/mol. The van der Waals surface area contributed by atoms with E-state index in [9.17, 15) is 4.79 Å². The average Bonchev–Trinajstić information content (AvgIpc) is 2.93. The van der Waals surface area contributed by atoms with E-state index < -0.39 is 5.97 Å². The topological polar surface area (TPSA) is 81.1 Å². The zero-order valence-electron chi connectivity index (χ0n) is 9.34. The molecule has 1 unspecified atom stereocenters. The highest BCUT2D eigenvalue weighted by Gasteiger charge is 2.27. The van der Waals surface area contributed by atoms with E-state index in [-0.39, 0.29) is 5.92 Å². The lowest BCUT2D eigenvalue weighted by molar-refractivity contribution is -0.142. The SMILES string of the molecule is O=C(O)C1CCn2nc(-c3ccc(Br)o3)nc2C1. The third kappa shape index (κ3) is 1.94. The molecule has 0 bridgehead atoms. The number of hydrogen-bond acceptors (Lipinski definition) is 4. The van der Waals surface area contributed by atoms with Crippen LogP contribution in [0.1, 0.15) is 12.2 Å². The molecule has 0 saturated carbocycles. The molecule has 1 aliphatic heterocycles. The van der Waals surface area contributed by atoms with E-state index in [0.29, 0.717) is 41.5 Å². The first-order chi connectivity index (χ1) is 8.63. The summed E-state index contributed by atoms with van der Waals surface area (Å²) in [5, 5.41) is 13.3. The summed E-state index contributed by atoms with van der Waals surface area (Å²) in [5.74, 6) is 0.651. The van der Waals surface area contributed by atoms with Crippen molar-refractivity contribution < 1.29 is 14.3 Å². The zero-order chi connectivity index (χ0) is 12.7. The Morgan fingerprint density at radius 1 is 1.56 bits per heavy atom. The predicted octanol–water partition coefficient (Wildman–Crippen LogP) is 1.95. The van der Waals surface area contributed by atoms with Gasteiger partial charge >= 0.3 is 5.97 Å². The van der Waals surface area contributed by atoms with Gasteiger partial charge in [-0.25, -0.2) is 9.67 Å². The number of carbonyl (C=O) groups is 1. The van der Waals surface area contributed by atoms with Gasteiger partial charge < -0.3 is 9.52 Å². The third-order valence-electron chi connectivity index (χ3n) is 3.01. The van der Waals surface area contributed by atoms with Gasteiger partial charge in [0, 0.05) is 13.0 Å². The van der Waals surface area contributed by atoms with Crippen LogP contribution in [0, 0.1) is 5.92 Å². The highest BCUT2D eigenvalue weighted by atomic mass is 79.9. The van der Waals surface area contributed by atoms with Gasteiger partial charge in [0.25, 0.3) is 0 Å². The molecular formula is C11H10BrN3O3. The number of nitrogens with zero attached hydrogens (tertiary/aromatic N) is 3. The summed E-state index contributed by atoms with van der Waals surface area (Å²) >= 11 is 3.22. The summed E-state index contributed by atoms with van der Waals surface area (Å²) in [6, 6.07) is 3.55.